The molecule has 0 aromatic heterocycles. The fraction of sp³-hybridized carbons (Fsp3) is 0.562. The molecule has 0 spiro atoms. The zero-order valence-electron chi connectivity index (χ0n) is 13.1. The van der Waals surface area contributed by atoms with Gasteiger partial charge in [-0.2, -0.15) is 0 Å². The minimum atomic E-state index is 0.383. The second-order valence-corrected chi connectivity index (χ2v) is 6.08. The Morgan fingerprint density at radius 3 is 2.35 bits per heavy atom. The zero-order valence-corrected chi connectivity index (χ0v) is 14.0. The van der Waals surface area contributed by atoms with Gasteiger partial charge in [0.15, 0.2) is 0 Å². The molecule has 0 unspecified atom stereocenters. The normalized spacial score (nSPS) is 11.4. The van der Waals surface area contributed by atoms with Crippen LogP contribution >= 0.6 is 12.2 Å². The van der Waals surface area contributed by atoms with Gasteiger partial charge in [0.05, 0.1) is 5.56 Å². The molecule has 0 aliphatic carbocycles. The van der Waals surface area contributed by atoms with Crippen molar-refractivity contribution >= 4 is 17.2 Å². The molecule has 1 rings (SSSR count). The molecule has 4 heteroatoms. The Bertz CT molecular complexity index is 450. The number of aryl methyl sites for hydroxylation is 1. The van der Waals surface area contributed by atoms with Gasteiger partial charge in [-0.1, -0.05) is 23.8 Å². The van der Waals surface area contributed by atoms with Crippen molar-refractivity contribution < 1.29 is 4.74 Å². The lowest BCUT2D eigenvalue weighted by molar-refractivity contribution is 0.142. The predicted molar refractivity (Wildman–Crippen MR) is 89.5 cm³/mol. The number of hydrogen-bond acceptors (Lipinski definition) is 3. The van der Waals surface area contributed by atoms with Crippen LogP contribution in [0.25, 0.3) is 0 Å². The standard InChI is InChI=1S/C16H26N2OS/c1-11(2)18(12(3)4)8-9-19-15-7-6-13(5)10-14(15)16(17)20/h6-7,10-12H,8-9H2,1-5H3,(H2,17,20). The second kappa shape index (κ2) is 7.60. The molecule has 0 saturated heterocycles. The number of nitrogens with two attached hydrogens (primary N) is 1. The average molecular weight is 294 g/mol. The van der Waals surface area contributed by atoms with Crippen molar-refractivity contribution in [2.45, 2.75) is 46.7 Å². The molecule has 0 atom stereocenters. The third kappa shape index (κ3) is 4.76. The van der Waals surface area contributed by atoms with Crippen molar-refractivity contribution in [2.75, 3.05) is 13.2 Å². The van der Waals surface area contributed by atoms with Crippen LogP contribution in [-0.4, -0.2) is 35.1 Å². The molecule has 0 bridgehead atoms. The Morgan fingerprint density at radius 1 is 1.25 bits per heavy atom. The summed E-state index contributed by atoms with van der Waals surface area (Å²) in [6.07, 6.45) is 0. The topological polar surface area (TPSA) is 38.5 Å². The van der Waals surface area contributed by atoms with Gasteiger partial charge in [-0.05, 0) is 46.8 Å². The molecule has 0 heterocycles. The van der Waals surface area contributed by atoms with Gasteiger partial charge in [0.2, 0.25) is 0 Å². The first-order valence-corrected chi connectivity index (χ1v) is 7.52. The molecule has 0 fully saturated rings. The average Bonchev–Trinajstić information content (AvgIpc) is 2.34. The quantitative estimate of drug-likeness (QED) is 0.784. The summed E-state index contributed by atoms with van der Waals surface area (Å²) in [4.78, 5) is 2.78. The highest BCUT2D eigenvalue weighted by atomic mass is 32.1. The van der Waals surface area contributed by atoms with Gasteiger partial charge in [0, 0.05) is 18.6 Å². The van der Waals surface area contributed by atoms with Crippen LogP contribution in [0.5, 0.6) is 5.75 Å². The highest BCUT2D eigenvalue weighted by molar-refractivity contribution is 7.80. The van der Waals surface area contributed by atoms with Gasteiger partial charge in [-0.3, -0.25) is 4.90 Å². The summed E-state index contributed by atoms with van der Waals surface area (Å²) in [5.41, 5.74) is 7.70. The van der Waals surface area contributed by atoms with E-state index in [1.807, 2.05) is 25.1 Å². The van der Waals surface area contributed by atoms with E-state index in [1.54, 1.807) is 0 Å². The maximum absolute atomic E-state index is 5.88. The fourth-order valence-corrected chi connectivity index (χ4v) is 2.50. The van der Waals surface area contributed by atoms with Crippen LogP contribution in [0.2, 0.25) is 0 Å². The van der Waals surface area contributed by atoms with Crippen molar-refractivity contribution in [2.24, 2.45) is 5.73 Å². The molecule has 0 radical (unpaired) electrons. The molecule has 2 N–H and O–H groups in total. The van der Waals surface area contributed by atoms with E-state index in [0.717, 1.165) is 23.4 Å². The predicted octanol–water partition coefficient (Wildman–Crippen LogP) is 3.13. The fourth-order valence-electron chi connectivity index (χ4n) is 2.34. The van der Waals surface area contributed by atoms with Crippen LogP contribution in [0, 0.1) is 6.92 Å². The maximum Gasteiger partial charge on any atom is 0.129 e. The van der Waals surface area contributed by atoms with E-state index >= 15 is 0 Å². The van der Waals surface area contributed by atoms with E-state index in [2.05, 4.69) is 32.6 Å². The summed E-state index contributed by atoms with van der Waals surface area (Å²) in [5, 5.41) is 0. The zero-order chi connectivity index (χ0) is 15.3. The van der Waals surface area contributed by atoms with E-state index in [4.69, 9.17) is 22.7 Å². The minimum absolute atomic E-state index is 0.383. The van der Waals surface area contributed by atoms with E-state index in [0.29, 0.717) is 23.7 Å². The Labute approximate surface area is 128 Å². The van der Waals surface area contributed by atoms with E-state index in [9.17, 15) is 0 Å². The van der Waals surface area contributed by atoms with Crippen molar-refractivity contribution in [1.82, 2.24) is 4.90 Å². The van der Waals surface area contributed by atoms with Crippen LogP contribution in [0.4, 0.5) is 0 Å². The number of thiocarbonyl (C=S) groups is 1. The lowest BCUT2D eigenvalue weighted by Gasteiger charge is -2.30. The third-order valence-electron chi connectivity index (χ3n) is 3.33. The van der Waals surface area contributed by atoms with Gasteiger partial charge in [-0.25, -0.2) is 0 Å². The molecule has 0 aliphatic rings. The summed E-state index contributed by atoms with van der Waals surface area (Å²) < 4.78 is 5.88. The molecular weight excluding hydrogens is 268 g/mol. The Hall–Kier alpha value is -1.13. The Morgan fingerprint density at radius 2 is 1.85 bits per heavy atom. The monoisotopic (exact) mass is 294 g/mol. The highest BCUT2D eigenvalue weighted by Gasteiger charge is 2.13. The number of benzene rings is 1. The third-order valence-corrected chi connectivity index (χ3v) is 3.55. The molecule has 112 valence electrons. The number of ether oxygens (including phenoxy) is 1. The molecule has 3 nitrogen and oxygen atoms in total. The Kier molecular flexibility index (Phi) is 6.43. The van der Waals surface area contributed by atoms with Crippen molar-refractivity contribution in [3.05, 3.63) is 29.3 Å². The molecular formula is C16H26N2OS. The van der Waals surface area contributed by atoms with E-state index in [1.165, 1.54) is 0 Å². The molecule has 1 aromatic rings. The smallest absolute Gasteiger partial charge is 0.129 e. The highest BCUT2D eigenvalue weighted by Crippen LogP contribution is 2.20. The number of nitrogens with zero attached hydrogens (tertiary/aromatic N) is 1. The van der Waals surface area contributed by atoms with Crippen molar-refractivity contribution in [1.29, 1.82) is 0 Å². The van der Waals surface area contributed by atoms with Gasteiger partial charge in [0.1, 0.15) is 17.3 Å². The molecule has 0 amide bonds. The van der Waals surface area contributed by atoms with E-state index < -0.39 is 0 Å². The maximum atomic E-state index is 5.88. The lowest BCUT2D eigenvalue weighted by Crippen LogP contribution is -2.39. The SMILES string of the molecule is Cc1ccc(OCCN(C(C)C)C(C)C)c(C(N)=S)c1. The summed E-state index contributed by atoms with van der Waals surface area (Å²) in [7, 11) is 0. The second-order valence-electron chi connectivity index (χ2n) is 5.64. The van der Waals surface area contributed by atoms with E-state index in [-0.39, 0.29) is 0 Å². The lowest BCUT2D eigenvalue weighted by atomic mass is 10.1. The van der Waals surface area contributed by atoms with Crippen LogP contribution < -0.4 is 10.5 Å². The summed E-state index contributed by atoms with van der Waals surface area (Å²) >= 11 is 5.08. The molecule has 0 aliphatic heterocycles. The van der Waals surface area contributed by atoms with Crippen LogP contribution in [0.15, 0.2) is 18.2 Å². The summed E-state index contributed by atoms with van der Waals surface area (Å²) in [6.45, 7) is 12.3. The first kappa shape index (κ1) is 16.9. The summed E-state index contributed by atoms with van der Waals surface area (Å²) in [5.74, 6) is 0.774. The number of hydrogen-bond donors (Lipinski definition) is 1. The largest absolute Gasteiger partial charge is 0.492 e. The molecule has 20 heavy (non-hydrogen) atoms. The van der Waals surface area contributed by atoms with Gasteiger partial charge in [-0.15, -0.1) is 0 Å². The minimum Gasteiger partial charge on any atom is -0.492 e. The van der Waals surface area contributed by atoms with Crippen molar-refractivity contribution in [3.63, 3.8) is 0 Å². The van der Waals surface area contributed by atoms with Gasteiger partial charge >= 0.3 is 0 Å². The van der Waals surface area contributed by atoms with Crippen LogP contribution in [0.3, 0.4) is 0 Å². The molecule has 0 saturated carbocycles. The summed E-state index contributed by atoms with van der Waals surface area (Å²) in [6, 6.07) is 6.94. The molecule has 1 aromatic carbocycles. The Balaban J connectivity index is 2.68. The van der Waals surface area contributed by atoms with Crippen LogP contribution in [-0.2, 0) is 0 Å². The first-order valence-electron chi connectivity index (χ1n) is 7.12. The van der Waals surface area contributed by atoms with Gasteiger partial charge < -0.3 is 10.5 Å². The van der Waals surface area contributed by atoms with Crippen molar-refractivity contribution in [3.8, 4) is 5.75 Å². The number of rotatable bonds is 7. The van der Waals surface area contributed by atoms with Gasteiger partial charge in [0.25, 0.3) is 0 Å². The van der Waals surface area contributed by atoms with Crippen LogP contribution in [0.1, 0.15) is 38.8 Å². The first-order chi connectivity index (χ1) is 9.32.